The number of likely N-dealkylation sites (tertiary alicyclic amines) is 1. The predicted octanol–water partition coefficient (Wildman–Crippen LogP) is 2.30. The molecule has 0 bridgehead atoms. The minimum atomic E-state index is -0.335. The predicted molar refractivity (Wildman–Crippen MR) is 105 cm³/mol. The van der Waals surface area contributed by atoms with Gasteiger partial charge >= 0.3 is 0 Å². The molecule has 1 unspecified atom stereocenters. The average molecular weight is 397 g/mol. The minimum Gasteiger partial charge on any atom is -0.338 e. The molecule has 2 aliphatic rings. The molecule has 2 aliphatic heterocycles. The van der Waals surface area contributed by atoms with E-state index in [0.717, 1.165) is 42.9 Å². The Labute approximate surface area is 168 Å². The first-order chi connectivity index (χ1) is 14.0. The second-order valence-corrected chi connectivity index (χ2v) is 7.57. The van der Waals surface area contributed by atoms with Gasteiger partial charge in [-0.25, -0.2) is 14.4 Å². The highest BCUT2D eigenvalue weighted by Crippen LogP contribution is 2.30. The average Bonchev–Trinajstić information content (AvgIpc) is 3.16. The molecule has 0 aliphatic carbocycles. The molecular formula is C21H24FN5O2. The van der Waals surface area contributed by atoms with Crippen LogP contribution in [0.2, 0.25) is 0 Å². The molecule has 0 saturated carbocycles. The summed E-state index contributed by atoms with van der Waals surface area (Å²) in [5.41, 5.74) is 2.57. The first kappa shape index (κ1) is 19.4. The fourth-order valence-corrected chi connectivity index (χ4v) is 3.99. The number of rotatable bonds is 4. The Kier molecular flexibility index (Phi) is 5.53. The number of aromatic nitrogens is 2. The van der Waals surface area contributed by atoms with Gasteiger partial charge < -0.3 is 10.2 Å². The molecule has 7 nitrogen and oxygen atoms in total. The van der Waals surface area contributed by atoms with Gasteiger partial charge in [0.2, 0.25) is 11.8 Å². The number of hydrogen-bond donors (Lipinski definition) is 1. The smallest absolute Gasteiger partial charge is 0.238 e. The van der Waals surface area contributed by atoms with Crippen molar-refractivity contribution in [3.63, 3.8) is 0 Å². The maximum absolute atomic E-state index is 13.0. The van der Waals surface area contributed by atoms with E-state index in [1.54, 1.807) is 24.0 Å². The highest BCUT2D eigenvalue weighted by Gasteiger charge is 2.31. The zero-order chi connectivity index (χ0) is 20.4. The standard InChI is InChI=1S/C21H24FN5O2/c1-14(28)26-10-8-18-15(12-26)11-23-21(25-18)19-3-2-9-27(19)13-20(29)24-17-6-4-16(22)5-7-17/h4-7,11,19H,2-3,8-10,12-13H2,1H3,(H,24,29). The number of nitrogens with zero attached hydrogens (tertiary/aromatic N) is 4. The molecule has 2 aromatic rings. The molecule has 0 radical (unpaired) electrons. The Hall–Kier alpha value is -2.87. The number of amides is 2. The lowest BCUT2D eigenvalue weighted by Crippen LogP contribution is -2.36. The molecule has 2 amide bonds. The van der Waals surface area contributed by atoms with Crippen LogP contribution in [0.25, 0.3) is 0 Å². The van der Waals surface area contributed by atoms with E-state index in [-0.39, 0.29) is 30.2 Å². The van der Waals surface area contributed by atoms with E-state index in [0.29, 0.717) is 18.8 Å². The van der Waals surface area contributed by atoms with Crippen molar-refractivity contribution in [3.05, 3.63) is 53.4 Å². The van der Waals surface area contributed by atoms with Crippen molar-refractivity contribution in [2.24, 2.45) is 0 Å². The van der Waals surface area contributed by atoms with Crippen molar-refractivity contribution in [1.82, 2.24) is 19.8 Å². The van der Waals surface area contributed by atoms with Crippen LogP contribution in [0.5, 0.6) is 0 Å². The maximum atomic E-state index is 13.0. The van der Waals surface area contributed by atoms with Gasteiger partial charge in [-0.3, -0.25) is 14.5 Å². The number of hydrogen-bond acceptors (Lipinski definition) is 5. The normalized spacial score (nSPS) is 19.1. The van der Waals surface area contributed by atoms with E-state index in [9.17, 15) is 14.0 Å². The number of carbonyl (C=O) groups excluding carboxylic acids is 2. The number of nitrogens with one attached hydrogen (secondary N) is 1. The summed E-state index contributed by atoms with van der Waals surface area (Å²) in [4.78, 5) is 37.3. The Balaban J connectivity index is 1.42. The first-order valence-electron chi connectivity index (χ1n) is 9.89. The van der Waals surface area contributed by atoms with Crippen LogP contribution >= 0.6 is 0 Å². The molecule has 29 heavy (non-hydrogen) atoms. The van der Waals surface area contributed by atoms with Gasteiger partial charge in [0.1, 0.15) is 11.6 Å². The van der Waals surface area contributed by atoms with Crippen molar-refractivity contribution < 1.29 is 14.0 Å². The highest BCUT2D eigenvalue weighted by molar-refractivity contribution is 5.92. The van der Waals surface area contributed by atoms with Gasteiger partial charge in [0.25, 0.3) is 0 Å². The topological polar surface area (TPSA) is 78.4 Å². The fourth-order valence-electron chi connectivity index (χ4n) is 3.99. The maximum Gasteiger partial charge on any atom is 0.238 e. The molecule has 1 fully saturated rings. The Morgan fingerprint density at radius 3 is 2.79 bits per heavy atom. The molecule has 8 heteroatoms. The van der Waals surface area contributed by atoms with E-state index in [1.807, 2.05) is 6.20 Å². The van der Waals surface area contributed by atoms with Crippen molar-refractivity contribution in [2.75, 3.05) is 25.0 Å². The monoisotopic (exact) mass is 397 g/mol. The summed E-state index contributed by atoms with van der Waals surface area (Å²) in [6.07, 6.45) is 4.43. The van der Waals surface area contributed by atoms with Crippen LogP contribution in [0.1, 0.15) is 42.9 Å². The summed E-state index contributed by atoms with van der Waals surface area (Å²) < 4.78 is 13.0. The van der Waals surface area contributed by atoms with Crippen LogP contribution in [0.4, 0.5) is 10.1 Å². The van der Waals surface area contributed by atoms with Crippen molar-refractivity contribution >= 4 is 17.5 Å². The second kappa shape index (κ2) is 8.24. The van der Waals surface area contributed by atoms with Crippen molar-refractivity contribution in [1.29, 1.82) is 0 Å². The molecule has 1 N–H and O–H groups in total. The van der Waals surface area contributed by atoms with E-state index >= 15 is 0 Å². The fraction of sp³-hybridized carbons (Fsp3) is 0.429. The molecular weight excluding hydrogens is 373 g/mol. The third kappa shape index (κ3) is 4.42. The first-order valence-corrected chi connectivity index (χ1v) is 9.89. The van der Waals surface area contributed by atoms with Gasteiger partial charge in [-0.15, -0.1) is 0 Å². The van der Waals surface area contributed by atoms with Crippen LogP contribution in [0, 0.1) is 5.82 Å². The summed E-state index contributed by atoms with van der Waals surface area (Å²) in [6, 6.07) is 5.74. The van der Waals surface area contributed by atoms with E-state index in [1.165, 1.54) is 12.1 Å². The number of halogens is 1. The molecule has 1 aromatic carbocycles. The third-order valence-electron chi connectivity index (χ3n) is 5.53. The van der Waals surface area contributed by atoms with Crippen LogP contribution in [-0.2, 0) is 22.6 Å². The quantitative estimate of drug-likeness (QED) is 0.857. The van der Waals surface area contributed by atoms with Gasteiger partial charge in [0.05, 0.1) is 18.3 Å². The van der Waals surface area contributed by atoms with E-state index in [2.05, 4.69) is 15.2 Å². The summed E-state index contributed by atoms with van der Waals surface area (Å²) in [7, 11) is 0. The number of fused-ring (bicyclic) bond motifs is 1. The molecule has 1 atom stereocenters. The zero-order valence-corrected chi connectivity index (χ0v) is 16.4. The molecule has 4 rings (SSSR count). The number of carbonyl (C=O) groups is 2. The Morgan fingerprint density at radius 2 is 2.03 bits per heavy atom. The molecule has 3 heterocycles. The Morgan fingerprint density at radius 1 is 1.24 bits per heavy atom. The number of benzene rings is 1. The summed E-state index contributed by atoms with van der Waals surface area (Å²) in [5.74, 6) is 0.332. The lowest BCUT2D eigenvalue weighted by atomic mass is 10.1. The van der Waals surface area contributed by atoms with Crippen molar-refractivity contribution in [3.8, 4) is 0 Å². The second-order valence-electron chi connectivity index (χ2n) is 7.57. The molecule has 0 spiro atoms. The zero-order valence-electron chi connectivity index (χ0n) is 16.4. The minimum absolute atomic E-state index is 0.00473. The van der Waals surface area contributed by atoms with Gasteiger partial charge in [-0.1, -0.05) is 0 Å². The van der Waals surface area contributed by atoms with E-state index in [4.69, 9.17) is 4.98 Å². The molecule has 152 valence electrons. The van der Waals surface area contributed by atoms with Gasteiger partial charge in [-0.05, 0) is 43.7 Å². The highest BCUT2D eigenvalue weighted by atomic mass is 19.1. The van der Waals surface area contributed by atoms with Gasteiger partial charge in [-0.2, -0.15) is 0 Å². The SMILES string of the molecule is CC(=O)N1CCc2nc(C3CCCN3CC(=O)Nc3ccc(F)cc3)ncc2C1. The largest absolute Gasteiger partial charge is 0.338 e. The molecule has 1 aromatic heterocycles. The molecule has 1 saturated heterocycles. The van der Waals surface area contributed by atoms with Gasteiger partial charge in [0.15, 0.2) is 0 Å². The summed E-state index contributed by atoms with van der Waals surface area (Å²) in [6.45, 7) is 3.85. The van der Waals surface area contributed by atoms with Crippen molar-refractivity contribution in [2.45, 2.75) is 38.8 Å². The Bertz CT molecular complexity index is 918. The lowest BCUT2D eigenvalue weighted by Gasteiger charge is -2.28. The van der Waals surface area contributed by atoms with Crippen LogP contribution in [-0.4, -0.2) is 51.2 Å². The third-order valence-corrected chi connectivity index (χ3v) is 5.53. The summed E-state index contributed by atoms with van der Waals surface area (Å²) >= 11 is 0. The lowest BCUT2D eigenvalue weighted by molar-refractivity contribution is -0.129. The summed E-state index contributed by atoms with van der Waals surface area (Å²) in [5, 5.41) is 2.81. The number of anilines is 1. The van der Waals surface area contributed by atoms with Crippen LogP contribution < -0.4 is 5.32 Å². The van der Waals surface area contributed by atoms with Crippen LogP contribution in [0.15, 0.2) is 30.5 Å². The van der Waals surface area contributed by atoms with Crippen LogP contribution in [0.3, 0.4) is 0 Å². The van der Waals surface area contributed by atoms with Gasteiger partial charge in [0, 0.05) is 43.9 Å². The van der Waals surface area contributed by atoms with E-state index < -0.39 is 0 Å².